The molecule has 0 aliphatic carbocycles. The van der Waals surface area contributed by atoms with Crippen molar-refractivity contribution in [3.8, 4) is 5.75 Å². The van der Waals surface area contributed by atoms with Gasteiger partial charge in [0.05, 0.1) is 4.90 Å². The molecule has 0 aliphatic heterocycles. The van der Waals surface area contributed by atoms with Gasteiger partial charge >= 0.3 is 103 Å². The average Bonchev–Trinajstić information content (AvgIpc) is 2.24. The van der Waals surface area contributed by atoms with E-state index in [1.165, 1.54) is 6.07 Å². The van der Waals surface area contributed by atoms with Crippen molar-refractivity contribution in [2.45, 2.75) is 9.79 Å². The predicted octanol–water partition coefficient (Wildman–Crippen LogP) is -4.73. The van der Waals surface area contributed by atoms with Gasteiger partial charge in [0.25, 0.3) is 20.2 Å². The van der Waals surface area contributed by atoms with Crippen molar-refractivity contribution in [1.82, 2.24) is 0 Å². The number of rotatable bonds is 2. The number of phenols is 1. The van der Waals surface area contributed by atoms with Gasteiger partial charge in [-0.15, -0.1) is 0 Å². The van der Waals surface area contributed by atoms with Gasteiger partial charge in [-0.2, -0.15) is 16.8 Å². The van der Waals surface area contributed by atoms with E-state index in [0.717, 1.165) is 24.3 Å². The Hall–Kier alpha value is 1.59. The summed E-state index contributed by atoms with van der Waals surface area (Å²) in [6.07, 6.45) is 0. The molecule has 0 atom stereocenters. The number of aromatic hydroxyl groups is 1. The third kappa shape index (κ3) is 5.57. The summed E-state index contributed by atoms with van der Waals surface area (Å²) in [5, 5.41) is 9.94. The first-order valence-corrected chi connectivity index (χ1v) is 7.69. The third-order valence-electron chi connectivity index (χ3n) is 2.47. The first-order valence-electron chi connectivity index (χ1n) is 4.81. The molecule has 0 spiro atoms. The van der Waals surface area contributed by atoms with Crippen LogP contribution in [0.3, 0.4) is 0 Å². The van der Waals surface area contributed by atoms with Gasteiger partial charge in [0.15, 0.2) is 0 Å². The fourth-order valence-electron chi connectivity index (χ4n) is 1.61. The number of benzene rings is 2. The van der Waals surface area contributed by atoms with Crippen LogP contribution in [0.5, 0.6) is 5.75 Å². The minimum atomic E-state index is -4.64. The molecule has 2 aromatic carbocycles. The van der Waals surface area contributed by atoms with E-state index >= 15 is 0 Å². The number of hydrogen-bond donors (Lipinski definition) is 3. The van der Waals surface area contributed by atoms with Crippen molar-refractivity contribution >= 4 is 31.0 Å². The SMILES string of the molecule is O=S(=O)(O)c1ccc2cc(O)c(S(=O)(=O)O)cc2c1.[H-].[H-].[K+].[K+]. The van der Waals surface area contributed by atoms with Crippen LogP contribution in [0, 0.1) is 0 Å². The van der Waals surface area contributed by atoms with Crippen molar-refractivity contribution in [1.29, 1.82) is 0 Å². The van der Waals surface area contributed by atoms with Crippen LogP contribution < -0.4 is 103 Å². The second-order valence-electron chi connectivity index (χ2n) is 3.78. The van der Waals surface area contributed by atoms with E-state index in [1.54, 1.807) is 0 Å². The second-order valence-corrected chi connectivity index (χ2v) is 6.59. The summed E-state index contributed by atoms with van der Waals surface area (Å²) in [5.41, 5.74) is 0. The van der Waals surface area contributed by atoms with Crippen LogP contribution >= 0.6 is 0 Å². The summed E-state index contributed by atoms with van der Waals surface area (Å²) in [6, 6.07) is 5.38. The van der Waals surface area contributed by atoms with Crippen LogP contribution in [-0.4, -0.2) is 31.0 Å². The summed E-state index contributed by atoms with van der Waals surface area (Å²) in [6.45, 7) is 0. The van der Waals surface area contributed by atoms with Gasteiger partial charge in [0, 0.05) is 0 Å². The van der Waals surface area contributed by atoms with Gasteiger partial charge in [-0.05, 0) is 35.0 Å². The molecule has 0 radical (unpaired) electrons. The molecular formula is C10H10K2O7S2. The van der Waals surface area contributed by atoms with E-state index in [2.05, 4.69) is 0 Å². The van der Waals surface area contributed by atoms with Crippen LogP contribution in [0.1, 0.15) is 2.85 Å². The monoisotopic (exact) mass is 384 g/mol. The normalized spacial score (nSPS) is 11.5. The van der Waals surface area contributed by atoms with Crippen molar-refractivity contribution in [2.24, 2.45) is 0 Å². The maximum Gasteiger partial charge on any atom is 1.00 e. The Kier molecular flexibility index (Phi) is 8.73. The molecule has 0 aromatic heterocycles. The Morgan fingerprint density at radius 1 is 0.810 bits per heavy atom. The summed E-state index contributed by atoms with van der Waals surface area (Å²) in [5.74, 6) is -0.658. The van der Waals surface area contributed by atoms with E-state index in [1.807, 2.05) is 0 Å². The van der Waals surface area contributed by atoms with Gasteiger partial charge < -0.3 is 7.96 Å². The number of hydrogen-bond acceptors (Lipinski definition) is 5. The summed E-state index contributed by atoms with van der Waals surface area (Å²) in [4.78, 5) is -1.17. The van der Waals surface area contributed by atoms with E-state index in [-0.39, 0.29) is 111 Å². The molecule has 0 amide bonds. The van der Waals surface area contributed by atoms with Crippen LogP contribution in [0.15, 0.2) is 40.1 Å². The Morgan fingerprint density at radius 2 is 1.38 bits per heavy atom. The molecule has 2 aromatic rings. The molecule has 0 saturated carbocycles. The molecule has 0 bridgehead atoms. The van der Waals surface area contributed by atoms with Gasteiger partial charge in [0.1, 0.15) is 10.6 Å². The van der Waals surface area contributed by atoms with Crippen molar-refractivity contribution in [2.75, 3.05) is 0 Å². The van der Waals surface area contributed by atoms with E-state index in [4.69, 9.17) is 9.11 Å². The topological polar surface area (TPSA) is 129 Å². The zero-order valence-corrected chi connectivity index (χ0v) is 19.1. The molecule has 3 N–H and O–H groups in total. The summed E-state index contributed by atoms with van der Waals surface area (Å²) in [7, 11) is -9.06. The van der Waals surface area contributed by atoms with Crippen LogP contribution in [-0.2, 0) is 20.2 Å². The van der Waals surface area contributed by atoms with Gasteiger partial charge in [-0.1, -0.05) is 6.07 Å². The van der Waals surface area contributed by atoms with E-state index < -0.39 is 35.8 Å². The zero-order valence-electron chi connectivity index (χ0n) is 13.2. The molecule has 2 rings (SSSR count). The smallest absolute Gasteiger partial charge is 1.00 e. The summed E-state index contributed by atoms with van der Waals surface area (Å²) >= 11 is 0. The Bertz CT molecular complexity index is 885. The minimum absolute atomic E-state index is 0. The Labute approximate surface area is 209 Å². The molecule has 0 saturated heterocycles. The van der Waals surface area contributed by atoms with Crippen LogP contribution in [0.2, 0.25) is 0 Å². The molecule has 21 heavy (non-hydrogen) atoms. The number of fused-ring (bicyclic) bond motifs is 1. The van der Waals surface area contributed by atoms with Crippen LogP contribution in [0.25, 0.3) is 10.8 Å². The fourth-order valence-corrected chi connectivity index (χ4v) is 2.72. The third-order valence-corrected chi connectivity index (χ3v) is 4.20. The molecule has 106 valence electrons. The molecule has 0 heterocycles. The number of phenolic OH excluding ortho intramolecular Hbond substituents is 1. The standard InChI is InChI=1S/C10H8O7S2.2K.2H/c11-9-4-6-1-2-8(18(12,13)14)3-7(6)5-10(9)19(15,16)17;;;;/h1-5,11H,(H,12,13,14)(H,15,16,17);;;;/q;2*+1;2*-1. The van der Waals surface area contributed by atoms with Gasteiger partial charge in [0.2, 0.25) is 0 Å². The molecule has 0 fully saturated rings. The predicted molar refractivity (Wildman–Crippen MR) is 67.5 cm³/mol. The first kappa shape index (κ1) is 22.6. The molecule has 11 heteroatoms. The molecule has 7 nitrogen and oxygen atoms in total. The van der Waals surface area contributed by atoms with E-state index in [9.17, 15) is 21.9 Å². The Balaban J connectivity index is -0.000001000. The van der Waals surface area contributed by atoms with Crippen molar-refractivity contribution < 1.29 is 137 Å². The zero-order chi connectivity index (χ0) is 14.4. The minimum Gasteiger partial charge on any atom is -1.00 e. The quantitative estimate of drug-likeness (QED) is 0.350. The Morgan fingerprint density at radius 3 is 1.86 bits per heavy atom. The first-order chi connectivity index (χ1) is 8.59. The van der Waals surface area contributed by atoms with E-state index in [0.29, 0.717) is 5.39 Å². The molecule has 0 unspecified atom stereocenters. The molecule has 0 aliphatic rings. The second kappa shape index (κ2) is 8.11. The van der Waals surface area contributed by atoms with Crippen molar-refractivity contribution in [3.63, 3.8) is 0 Å². The largest absolute Gasteiger partial charge is 1.00 e. The maximum absolute atomic E-state index is 11.0. The van der Waals surface area contributed by atoms with Crippen molar-refractivity contribution in [3.05, 3.63) is 30.3 Å². The average molecular weight is 385 g/mol. The summed E-state index contributed by atoms with van der Waals surface area (Å²) < 4.78 is 61.7. The van der Waals surface area contributed by atoms with Gasteiger partial charge in [-0.3, -0.25) is 9.11 Å². The van der Waals surface area contributed by atoms with Gasteiger partial charge in [-0.25, -0.2) is 0 Å². The van der Waals surface area contributed by atoms with Crippen LogP contribution in [0.4, 0.5) is 0 Å². The molecular weight excluding hydrogens is 374 g/mol. The fraction of sp³-hybridized carbons (Fsp3) is 0. The maximum atomic E-state index is 11.0.